The molecule has 0 aromatic carbocycles. The van der Waals surface area contributed by atoms with Gasteiger partial charge in [-0.15, -0.1) is 0 Å². The average molecular weight is 487 g/mol. The van der Waals surface area contributed by atoms with Crippen molar-refractivity contribution < 1.29 is 10.2 Å². The molecule has 5 fully saturated rings. The Morgan fingerprint density at radius 3 is 2.14 bits per heavy atom. The van der Waals surface area contributed by atoms with Gasteiger partial charge in [0.05, 0.1) is 11.7 Å². The molecule has 0 spiro atoms. The summed E-state index contributed by atoms with van der Waals surface area (Å²) >= 11 is 0. The van der Waals surface area contributed by atoms with Crippen molar-refractivity contribution in [1.29, 1.82) is 0 Å². The predicted molar refractivity (Wildman–Crippen MR) is 146 cm³/mol. The van der Waals surface area contributed by atoms with E-state index in [-0.39, 0.29) is 6.10 Å². The molecule has 0 heterocycles. The standard InChI is InChI=1S/C33H58O2/c1-7-33(35)19-18-31(5)24(21-33)8-9-25-27-11-10-26(32(27,6)17-14-28(25)31)22(2)29(34)20-23-12-15-30(3,4)16-13-23/h22-29,34-35H,7-21H2,1-6H3/t22-,24-,25-,26+,27-,28-,29+,31-,32+,33-/m0/s1. The van der Waals surface area contributed by atoms with E-state index in [2.05, 4.69) is 41.5 Å². The minimum atomic E-state index is -0.391. The fourth-order valence-corrected chi connectivity index (χ4v) is 11.1. The van der Waals surface area contributed by atoms with Gasteiger partial charge in [-0.05, 0) is 154 Å². The van der Waals surface area contributed by atoms with Crippen LogP contribution in [0.5, 0.6) is 0 Å². The van der Waals surface area contributed by atoms with Gasteiger partial charge in [0.1, 0.15) is 0 Å². The van der Waals surface area contributed by atoms with Gasteiger partial charge in [0.2, 0.25) is 0 Å². The molecule has 2 nitrogen and oxygen atoms in total. The highest BCUT2D eigenvalue weighted by molar-refractivity contribution is 5.11. The molecule has 0 radical (unpaired) electrons. The molecular formula is C33H58O2. The molecule has 5 saturated carbocycles. The molecule has 35 heavy (non-hydrogen) atoms. The summed E-state index contributed by atoms with van der Waals surface area (Å²) in [5.41, 5.74) is 1.00. The molecule has 2 heteroatoms. The second-order valence-corrected chi connectivity index (χ2v) is 15.9. The number of aliphatic hydroxyl groups is 2. The van der Waals surface area contributed by atoms with Gasteiger partial charge in [-0.3, -0.25) is 0 Å². The van der Waals surface area contributed by atoms with Crippen LogP contribution in [0.15, 0.2) is 0 Å². The Balaban J connectivity index is 1.25. The van der Waals surface area contributed by atoms with Gasteiger partial charge in [0, 0.05) is 0 Å². The second-order valence-electron chi connectivity index (χ2n) is 15.9. The van der Waals surface area contributed by atoms with Crippen molar-refractivity contribution in [3.8, 4) is 0 Å². The van der Waals surface area contributed by atoms with E-state index >= 15 is 0 Å². The monoisotopic (exact) mass is 486 g/mol. The van der Waals surface area contributed by atoms with Crippen molar-refractivity contribution >= 4 is 0 Å². The van der Waals surface area contributed by atoms with Crippen LogP contribution < -0.4 is 0 Å². The molecule has 10 atom stereocenters. The third-order valence-corrected chi connectivity index (χ3v) is 13.8. The fraction of sp³-hybridized carbons (Fsp3) is 1.00. The zero-order chi connectivity index (χ0) is 25.2. The molecule has 5 aliphatic carbocycles. The number of hydrogen-bond donors (Lipinski definition) is 2. The lowest BCUT2D eigenvalue weighted by molar-refractivity contribution is -0.154. The minimum absolute atomic E-state index is 0.113. The maximum absolute atomic E-state index is 11.4. The van der Waals surface area contributed by atoms with E-state index in [9.17, 15) is 10.2 Å². The summed E-state index contributed by atoms with van der Waals surface area (Å²) in [5.74, 6) is 5.22. The molecule has 5 rings (SSSR count). The first-order valence-corrected chi connectivity index (χ1v) is 15.8. The Morgan fingerprint density at radius 1 is 0.771 bits per heavy atom. The second kappa shape index (κ2) is 9.29. The zero-order valence-corrected chi connectivity index (χ0v) is 24.1. The van der Waals surface area contributed by atoms with Gasteiger partial charge < -0.3 is 10.2 Å². The number of rotatable bonds is 5. The third kappa shape index (κ3) is 4.57. The summed E-state index contributed by atoms with van der Waals surface area (Å²) in [6, 6.07) is 0. The highest BCUT2D eigenvalue weighted by Crippen LogP contribution is 2.69. The summed E-state index contributed by atoms with van der Waals surface area (Å²) < 4.78 is 0. The van der Waals surface area contributed by atoms with Gasteiger partial charge in [-0.25, -0.2) is 0 Å². The maximum Gasteiger partial charge on any atom is 0.0648 e. The fourth-order valence-electron chi connectivity index (χ4n) is 11.1. The van der Waals surface area contributed by atoms with Crippen LogP contribution in [0.1, 0.15) is 138 Å². The first kappa shape index (κ1) is 26.5. The van der Waals surface area contributed by atoms with E-state index in [1.807, 2.05) is 0 Å². The van der Waals surface area contributed by atoms with Crippen LogP contribution in [0.2, 0.25) is 0 Å². The molecule has 0 saturated heterocycles. The van der Waals surface area contributed by atoms with Crippen molar-refractivity contribution in [2.75, 3.05) is 0 Å². The van der Waals surface area contributed by atoms with Crippen molar-refractivity contribution in [2.24, 2.45) is 57.7 Å². The molecule has 0 amide bonds. The van der Waals surface area contributed by atoms with Crippen molar-refractivity contribution in [1.82, 2.24) is 0 Å². The Morgan fingerprint density at radius 2 is 1.46 bits per heavy atom. The average Bonchev–Trinajstić information content (AvgIpc) is 3.17. The summed E-state index contributed by atoms with van der Waals surface area (Å²) in [4.78, 5) is 0. The van der Waals surface area contributed by atoms with Crippen LogP contribution in [-0.4, -0.2) is 21.9 Å². The van der Waals surface area contributed by atoms with Crippen molar-refractivity contribution in [3.63, 3.8) is 0 Å². The molecular weight excluding hydrogens is 428 g/mol. The zero-order valence-electron chi connectivity index (χ0n) is 24.1. The summed E-state index contributed by atoms with van der Waals surface area (Å²) in [7, 11) is 0. The minimum Gasteiger partial charge on any atom is -0.393 e. The Kier molecular flexibility index (Phi) is 7.04. The molecule has 0 aromatic heterocycles. The topological polar surface area (TPSA) is 40.5 Å². The van der Waals surface area contributed by atoms with E-state index in [1.165, 1.54) is 70.6 Å². The number of fused-ring (bicyclic) bond motifs is 5. The van der Waals surface area contributed by atoms with Gasteiger partial charge in [-0.1, -0.05) is 41.5 Å². The first-order chi connectivity index (χ1) is 16.4. The van der Waals surface area contributed by atoms with Crippen LogP contribution in [0.25, 0.3) is 0 Å². The highest BCUT2D eigenvalue weighted by atomic mass is 16.3. The summed E-state index contributed by atoms with van der Waals surface area (Å²) in [6.45, 7) is 14.7. The molecule has 2 N–H and O–H groups in total. The Labute approximate surface area is 217 Å². The predicted octanol–water partition coefficient (Wildman–Crippen LogP) is 8.39. The van der Waals surface area contributed by atoms with E-state index in [0.29, 0.717) is 28.1 Å². The summed E-state index contributed by atoms with van der Waals surface area (Å²) in [5, 5.41) is 22.5. The molecule has 0 aromatic rings. The maximum atomic E-state index is 11.4. The van der Waals surface area contributed by atoms with Crippen LogP contribution in [-0.2, 0) is 0 Å². The smallest absolute Gasteiger partial charge is 0.0648 e. The summed E-state index contributed by atoms with van der Waals surface area (Å²) in [6.07, 6.45) is 18.7. The lowest BCUT2D eigenvalue weighted by Gasteiger charge is -2.62. The Hall–Kier alpha value is -0.0800. The van der Waals surface area contributed by atoms with Crippen LogP contribution in [0.4, 0.5) is 0 Å². The van der Waals surface area contributed by atoms with Gasteiger partial charge in [0.25, 0.3) is 0 Å². The SMILES string of the molecule is CC[C@]1(O)CC[C@@]2(C)[C@@H](CC[C@@H]3[C@@H]2CC[C@]2(C)[C@@H]([C@H](C)[C@H](O)CC4CCC(C)(C)CC4)CC[C@@H]32)C1. The molecule has 0 aliphatic heterocycles. The van der Waals surface area contributed by atoms with Crippen molar-refractivity contribution in [2.45, 2.75) is 150 Å². The largest absolute Gasteiger partial charge is 0.393 e. The van der Waals surface area contributed by atoms with E-state index in [0.717, 1.165) is 55.3 Å². The van der Waals surface area contributed by atoms with E-state index < -0.39 is 5.60 Å². The molecule has 202 valence electrons. The lowest BCUT2D eigenvalue weighted by Crippen LogP contribution is -2.56. The van der Waals surface area contributed by atoms with Gasteiger partial charge in [-0.2, -0.15) is 0 Å². The van der Waals surface area contributed by atoms with Crippen LogP contribution >= 0.6 is 0 Å². The normalized spacial score (nSPS) is 49.5. The third-order valence-electron chi connectivity index (χ3n) is 13.8. The van der Waals surface area contributed by atoms with Gasteiger partial charge in [0.15, 0.2) is 0 Å². The molecule has 0 unspecified atom stereocenters. The number of hydrogen-bond acceptors (Lipinski definition) is 2. The van der Waals surface area contributed by atoms with Crippen molar-refractivity contribution in [3.05, 3.63) is 0 Å². The van der Waals surface area contributed by atoms with E-state index in [4.69, 9.17) is 0 Å². The Bertz CT molecular complexity index is 750. The van der Waals surface area contributed by atoms with E-state index in [1.54, 1.807) is 0 Å². The van der Waals surface area contributed by atoms with Crippen LogP contribution in [0, 0.1) is 57.7 Å². The first-order valence-electron chi connectivity index (χ1n) is 15.8. The van der Waals surface area contributed by atoms with Gasteiger partial charge >= 0.3 is 0 Å². The lowest BCUT2D eigenvalue weighted by atomic mass is 9.43. The molecule has 5 aliphatic rings. The number of aliphatic hydroxyl groups excluding tert-OH is 1. The molecule has 0 bridgehead atoms. The quantitative estimate of drug-likeness (QED) is 0.409. The van der Waals surface area contributed by atoms with Crippen LogP contribution in [0.3, 0.4) is 0 Å². The highest BCUT2D eigenvalue weighted by Gasteiger charge is 2.61.